The van der Waals surface area contributed by atoms with Crippen molar-refractivity contribution in [3.8, 4) is 0 Å². The van der Waals surface area contributed by atoms with Crippen molar-refractivity contribution in [2.24, 2.45) is 0 Å². The van der Waals surface area contributed by atoms with Gasteiger partial charge in [0.2, 0.25) is 0 Å². The van der Waals surface area contributed by atoms with Crippen LogP contribution >= 0.6 is 15.9 Å². The van der Waals surface area contributed by atoms with Gasteiger partial charge in [-0.25, -0.2) is 0 Å². The molecule has 1 aromatic rings. The molecular weight excluding hydrogens is 300 g/mol. The number of halogens is 1. The van der Waals surface area contributed by atoms with Crippen LogP contribution in [0.25, 0.3) is 0 Å². The third-order valence-electron chi connectivity index (χ3n) is 3.52. The van der Waals surface area contributed by atoms with E-state index in [0.29, 0.717) is 6.04 Å². The zero-order valence-electron chi connectivity index (χ0n) is 12.7. The molecule has 3 heteroatoms. The first-order chi connectivity index (χ1) is 9.10. The van der Waals surface area contributed by atoms with Crippen molar-refractivity contribution in [2.75, 3.05) is 18.5 Å². The third-order valence-corrected chi connectivity index (χ3v) is 4.15. The van der Waals surface area contributed by atoms with E-state index in [-0.39, 0.29) is 0 Å². The second-order valence-electron chi connectivity index (χ2n) is 5.21. The summed E-state index contributed by atoms with van der Waals surface area (Å²) in [4.78, 5) is 2.36. The van der Waals surface area contributed by atoms with Gasteiger partial charge in [-0.3, -0.25) is 0 Å². The zero-order valence-corrected chi connectivity index (χ0v) is 14.3. The van der Waals surface area contributed by atoms with Crippen LogP contribution in [-0.2, 0) is 6.54 Å². The highest BCUT2D eigenvalue weighted by atomic mass is 79.9. The van der Waals surface area contributed by atoms with Crippen LogP contribution in [-0.4, -0.2) is 19.6 Å². The number of rotatable bonds is 8. The topological polar surface area (TPSA) is 15.3 Å². The Bertz CT molecular complexity index is 379. The number of nitrogens with zero attached hydrogens (tertiary/aromatic N) is 1. The molecule has 0 bridgehead atoms. The summed E-state index contributed by atoms with van der Waals surface area (Å²) < 4.78 is 1.19. The van der Waals surface area contributed by atoms with Crippen LogP contribution in [0.2, 0.25) is 0 Å². The van der Waals surface area contributed by atoms with E-state index >= 15 is 0 Å². The molecule has 0 fully saturated rings. The Hall–Kier alpha value is -0.540. The van der Waals surface area contributed by atoms with Gasteiger partial charge in [0, 0.05) is 24.1 Å². The smallest absolute Gasteiger partial charge is 0.0510 e. The summed E-state index contributed by atoms with van der Waals surface area (Å²) in [6.07, 6.45) is 3.63. The zero-order chi connectivity index (χ0) is 14.3. The summed E-state index contributed by atoms with van der Waals surface area (Å²) >= 11 is 3.71. The lowest BCUT2D eigenvalue weighted by Crippen LogP contribution is -2.28. The Morgan fingerprint density at radius 3 is 2.58 bits per heavy atom. The first-order valence-electron chi connectivity index (χ1n) is 7.32. The fourth-order valence-corrected chi connectivity index (χ4v) is 2.91. The average Bonchev–Trinajstić information content (AvgIpc) is 2.39. The van der Waals surface area contributed by atoms with Crippen LogP contribution in [0, 0.1) is 0 Å². The number of anilines is 1. The summed E-state index contributed by atoms with van der Waals surface area (Å²) in [6, 6.07) is 7.25. The van der Waals surface area contributed by atoms with Crippen LogP contribution in [0.3, 0.4) is 0 Å². The van der Waals surface area contributed by atoms with E-state index in [4.69, 9.17) is 0 Å². The molecular formula is C16H27BrN2. The van der Waals surface area contributed by atoms with Gasteiger partial charge in [0.05, 0.1) is 5.69 Å². The normalized spacial score (nSPS) is 12.5. The molecule has 0 aliphatic carbocycles. The minimum absolute atomic E-state index is 0.574. The minimum atomic E-state index is 0.574. The summed E-state index contributed by atoms with van der Waals surface area (Å²) in [5.74, 6) is 0. The quantitative estimate of drug-likeness (QED) is 0.704. The van der Waals surface area contributed by atoms with E-state index in [1.54, 1.807) is 0 Å². The highest BCUT2D eigenvalue weighted by molar-refractivity contribution is 9.10. The summed E-state index contributed by atoms with van der Waals surface area (Å²) in [5.41, 5.74) is 2.61. The van der Waals surface area contributed by atoms with Crippen LogP contribution in [0.4, 0.5) is 5.69 Å². The van der Waals surface area contributed by atoms with Gasteiger partial charge in [-0.15, -0.1) is 0 Å². The molecule has 1 atom stereocenters. The summed E-state index contributed by atoms with van der Waals surface area (Å²) in [7, 11) is 2.18. The van der Waals surface area contributed by atoms with E-state index in [1.807, 2.05) is 0 Å². The second-order valence-corrected chi connectivity index (χ2v) is 6.07. The molecule has 19 heavy (non-hydrogen) atoms. The molecule has 0 amide bonds. The van der Waals surface area contributed by atoms with Gasteiger partial charge in [-0.1, -0.05) is 26.3 Å². The number of hydrogen-bond acceptors (Lipinski definition) is 2. The summed E-state index contributed by atoms with van der Waals surface area (Å²) in [6.45, 7) is 8.73. The van der Waals surface area contributed by atoms with Gasteiger partial charge >= 0.3 is 0 Å². The van der Waals surface area contributed by atoms with Crippen molar-refractivity contribution in [1.82, 2.24) is 5.32 Å². The largest absolute Gasteiger partial charge is 0.371 e. The fourth-order valence-electron chi connectivity index (χ4n) is 2.20. The van der Waals surface area contributed by atoms with Gasteiger partial charge in [-0.05, 0) is 59.9 Å². The molecule has 108 valence electrons. The van der Waals surface area contributed by atoms with E-state index in [1.165, 1.54) is 35.0 Å². The number of hydrogen-bond donors (Lipinski definition) is 1. The van der Waals surface area contributed by atoms with E-state index in [9.17, 15) is 0 Å². The molecule has 1 unspecified atom stereocenters. The number of nitrogens with one attached hydrogen (secondary N) is 1. The molecule has 0 saturated carbocycles. The molecule has 1 rings (SSSR count). The van der Waals surface area contributed by atoms with Crippen molar-refractivity contribution >= 4 is 21.6 Å². The van der Waals surface area contributed by atoms with Crippen LogP contribution < -0.4 is 10.2 Å². The molecule has 2 nitrogen and oxygen atoms in total. The average molecular weight is 327 g/mol. The third kappa shape index (κ3) is 5.15. The minimum Gasteiger partial charge on any atom is -0.371 e. The lowest BCUT2D eigenvalue weighted by Gasteiger charge is -2.28. The predicted molar refractivity (Wildman–Crippen MR) is 88.9 cm³/mol. The molecule has 1 aromatic carbocycles. The molecule has 1 N–H and O–H groups in total. The lowest BCUT2D eigenvalue weighted by atomic mass is 10.1. The van der Waals surface area contributed by atoms with E-state index in [0.717, 1.165) is 13.1 Å². The molecule has 0 radical (unpaired) electrons. The highest BCUT2D eigenvalue weighted by Crippen LogP contribution is 2.28. The standard InChI is InChI=1S/C16H27BrN2/c1-5-7-13(3)19(4)16-9-8-14(11-15(16)17)12-18-10-6-2/h8-9,11,13,18H,5-7,10,12H2,1-4H3. The Kier molecular flexibility index (Phi) is 7.47. The first kappa shape index (κ1) is 16.5. The first-order valence-corrected chi connectivity index (χ1v) is 8.11. The molecule has 0 saturated heterocycles. The maximum Gasteiger partial charge on any atom is 0.0510 e. The molecule has 0 aliphatic heterocycles. The van der Waals surface area contributed by atoms with Crippen molar-refractivity contribution < 1.29 is 0 Å². The number of benzene rings is 1. The Balaban J connectivity index is 2.70. The van der Waals surface area contributed by atoms with Gasteiger partial charge in [0.15, 0.2) is 0 Å². The SMILES string of the molecule is CCCNCc1ccc(N(C)C(C)CCC)c(Br)c1. The van der Waals surface area contributed by atoms with Crippen molar-refractivity contribution in [1.29, 1.82) is 0 Å². The fraction of sp³-hybridized carbons (Fsp3) is 0.625. The van der Waals surface area contributed by atoms with Gasteiger partial charge < -0.3 is 10.2 Å². The second kappa shape index (κ2) is 8.60. The van der Waals surface area contributed by atoms with Crippen LogP contribution in [0.15, 0.2) is 22.7 Å². The predicted octanol–water partition coefficient (Wildman–Crippen LogP) is 4.57. The lowest BCUT2D eigenvalue weighted by molar-refractivity contribution is 0.615. The van der Waals surface area contributed by atoms with Gasteiger partial charge in [-0.2, -0.15) is 0 Å². The summed E-state index contributed by atoms with van der Waals surface area (Å²) in [5, 5.41) is 3.44. The molecule has 0 heterocycles. The van der Waals surface area contributed by atoms with Crippen molar-refractivity contribution in [3.63, 3.8) is 0 Å². The maximum atomic E-state index is 3.71. The van der Waals surface area contributed by atoms with E-state index in [2.05, 4.69) is 72.2 Å². The van der Waals surface area contributed by atoms with Crippen molar-refractivity contribution in [2.45, 2.75) is 52.6 Å². The van der Waals surface area contributed by atoms with E-state index < -0.39 is 0 Å². The molecule has 0 spiro atoms. The highest BCUT2D eigenvalue weighted by Gasteiger charge is 2.12. The van der Waals surface area contributed by atoms with Gasteiger partial charge in [0.1, 0.15) is 0 Å². The maximum absolute atomic E-state index is 3.71. The van der Waals surface area contributed by atoms with Gasteiger partial charge in [0.25, 0.3) is 0 Å². The molecule has 0 aromatic heterocycles. The van der Waals surface area contributed by atoms with Crippen LogP contribution in [0.5, 0.6) is 0 Å². The van der Waals surface area contributed by atoms with Crippen molar-refractivity contribution in [3.05, 3.63) is 28.2 Å². The van der Waals surface area contributed by atoms with Crippen LogP contribution in [0.1, 0.15) is 45.6 Å². The monoisotopic (exact) mass is 326 g/mol. The molecule has 0 aliphatic rings. The Morgan fingerprint density at radius 1 is 1.26 bits per heavy atom. The Labute approximate surface area is 126 Å². The Morgan fingerprint density at radius 2 is 2.00 bits per heavy atom.